The quantitative estimate of drug-likeness (QED) is 0.582. The van der Waals surface area contributed by atoms with Gasteiger partial charge in [0.05, 0.1) is 11.0 Å². The highest BCUT2D eigenvalue weighted by Gasteiger charge is 2.14. The molecule has 0 aromatic carbocycles. The van der Waals surface area contributed by atoms with Crippen molar-refractivity contribution >= 4 is 17.3 Å². The van der Waals surface area contributed by atoms with Crippen molar-refractivity contribution in [2.45, 2.75) is 19.4 Å². The minimum atomic E-state index is -0.568. The maximum absolute atomic E-state index is 10.6. The Morgan fingerprint density at radius 2 is 2.29 bits per heavy atom. The van der Waals surface area contributed by atoms with Crippen LogP contribution in [0.25, 0.3) is 0 Å². The fourth-order valence-electron chi connectivity index (χ4n) is 1.32. The van der Waals surface area contributed by atoms with E-state index >= 15 is 0 Å². The Bertz CT molecular complexity index is 409. The first-order valence-corrected chi connectivity index (χ1v) is 5.22. The number of nitro groups is 1. The lowest BCUT2D eigenvalue weighted by molar-refractivity contribution is -0.384. The van der Waals surface area contributed by atoms with E-state index in [1.807, 2.05) is 0 Å². The first-order chi connectivity index (χ1) is 7.91. The molecule has 1 aromatic heterocycles. The Balaban J connectivity index is 2.79. The topological polar surface area (TPSA) is 106 Å². The zero-order valence-corrected chi connectivity index (χ0v) is 9.83. The highest BCUT2D eigenvalue weighted by molar-refractivity contribution is 5.57. The van der Waals surface area contributed by atoms with Crippen molar-refractivity contribution in [3.63, 3.8) is 0 Å². The fraction of sp³-hybridized carbons (Fsp3) is 0.500. The number of anilines is 2. The molecule has 1 heterocycles. The summed E-state index contributed by atoms with van der Waals surface area (Å²) in [5, 5.41) is 19.7. The molecule has 0 aliphatic carbocycles. The lowest BCUT2D eigenvalue weighted by Gasteiger charge is -2.18. The van der Waals surface area contributed by atoms with Crippen molar-refractivity contribution in [1.29, 1.82) is 0 Å². The summed E-state index contributed by atoms with van der Waals surface area (Å²) in [6.07, 6.45) is 0.197. The molecule has 0 bridgehead atoms. The molecule has 94 valence electrons. The van der Waals surface area contributed by atoms with Crippen molar-refractivity contribution in [1.82, 2.24) is 4.98 Å². The van der Waals surface area contributed by atoms with E-state index in [9.17, 15) is 10.1 Å². The van der Waals surface area contributed by atoms with Gasteiger partial charge >= 0.3 is 5.69 Å². The molecule has 1 rings (SSSR count). The first-order valence-electron chi connectivity index (χ1n) is 5.22. The van der Waals surface area contributed by atoms with Gasteiger partial charge in [-0.2, -0.15) is 0 Å². The van der Waals surface area contributed by atoms with E-state index < -0.39 is 11.0 Å². The van der Waals surface area contributed by atoms with E-state index in [0.29, 0.717) is 18.8 Å². The molecule has 1 atom stereocenters. The highest BCUT2D eigenvalue weighted by atomic mass is 16.6. The van der Waals surface area contributed by atoms with Crippen LogP contribution < -0.4 is 10.6 Å². The van der Waals surface area contributed by atoms with Crippen molar-refractivity contribution in [3.05, 3.63) is 22.2 Å². The number of nitrogen functional groups attached to an aromatic ring is 1. The third-order valence-corrected chi connectivity index (χ3v) is 2.36. The molecule has 1 aromatic rings. The second kappa shape index (κ2) is 5.44. The zero-order chi connectivity index (χ0) is 13.0. The third-order valence-electron chi connectivity index (χ3n) is 2.36. The summed E-state index contributed by atoms with van der Waals surface area (Å²) in [5.74, 6) is 0.449. The zero-order valence-electron chi connectivity index (χ0n) is 9.83. The molecule has 0 saturated heterocycles. The summed E-state index contributed by atoms with van der Waals surface area (Å²) in [6, 6.07) is 2.87. The lowest BCUT2D eigenvalue weighted by atomic mass is 10.2. The van der Waals surface area contributed by atoms with Gasteiger partial charge in [-0.3, -0.25) is 10.1 Å². The Hall–Kier alpha value is -1.89. The molecule has 0 aliphatic heterocycles. The van der Waals surface area contributed by atoms with Gasteiger partial charge in [0.25, 0.3) is 0 Å². The standard InChI is InChI=1S/C10H16N4O3/c1-7(15)5-6-13(2)9-4-3-8(14(16)17)10(11)12-9/h3-4,7,15H,5-6H2,1-2H3,(H2,11,12). The predicted molar refractivity (Wildman–Crippen MR) is 64.9 cm³/mol. The van der Waals surface area contributed by atoms with Crippen molar-refractivity contribution in [2.24, 2.45) is 0 Å². The van der Waals surface area contributed by atoms with Gasteiger partial charge in [0.1, 0.15) is 5.82 Å². The second-order valence-corrected chi connectivity index (χ2v) is 3.89. The maximum atomic E-state index is 10.6. The van der Waals surface area contributed by atoms with E-state index in [1.54, 1.807) is 18.9 Å². The van der Waals surface area contributed by atoms with Crippen LogP contribution >= 0.6 is 0 Å². The van der Waals surface area contributed by atoms with Crippen molar-refractivity contribution < 1.29 is 10.0 Å². The van der Waals surface area contributed by atoms with E-state index in [0.717, 1.165) is 0 Å². The van der Waals surface area contributed by atoms with E-state index in [4.69, 9.17) is 10.8 Å². The summed E-state index contributed by atoms with van der Waals surface area (Å²) in [4.78, 5) is 15.7. The van der Waals surface area contributed by atoms with E-state index in [2.05, 4.69) is 4.98 Å². The molecule has 7 nitrogen and oxygen atoms in total. The number of hydrogen-bond acceptors (Lipinski definition) is 6. The lowest BCUT2D eigenvalue weighted by Crippen LogP contribution is -2.23. The summed E-state index contributed by atoms with van der Waals surface area (Å²) in [7, 11) is 1.79. The van der Waals surface area contributed by atoms with Gasteiger partial charge < -0.3 is 15.7 Å². The van der Waals surface area contributed by atoms with Crippen LogP contribution in [-0.2, 0) is 0 Å². The first kappa shape index (κ1) is 13.2. The number of pyridine rings is 1. The van der Waals surface area contributed by atoms with Gasteiger partial charge in [0, 0.05) is 19.7 Å². The van der Waals surface area contributed by atoms with Gasteiger partial charge in [-0.05, 0) is 19.4 Å². The van der Waals surface area contributed by atoms with Crippen LogP contribution in [-0.4, -0.2) is 34.7 Å². The number of aliphatic hydroxyl groups is 1. The Kier molecular flexibility index (Phi) is 4.22. The normalized spacial score (nSPS) is 12.2. The van der Waals surface area contributed by atoms with Crippen LogP contribution in [0.15, 0.2) is 12.1 Å². The Morgan fingerprint density at radius 1 is 1.65 bits per heavy atom. The van der Waals surface area contributed by atoms with Gasteiger partial charge in [-0.15, -0.1) is 0 Å². The third kappa shape index (κ3) is 3.56. The highest BCUT2D eigenvalue weighted by Crippen LogP contribution is 2.22. The van der Waals surface area contributed by atoms with Crippen LogP contribution in [0, 0.1) is 10.1 Å². The minimum absolute atomic E-state index is 0.101. The summed E-state index contributed by atoms with van der Waals surface area (Å²) < 4.78 is 0. The molecule has 1 unspecified atom stereocenters. The second-order valence-electron chi connectivity index (χ2n) is 3.89. The molecule has 0 radical (unpaired) electrons. The summed E-state index contributed by atoms with van der Waals surface area (Å²) >= 11 is 0. The van der Waals surface area contributed by atoms with Crippen LogP contribution in [0.1, 0.15) is 13.3 Å². The van der Waals surface area contributed by atoms with Gasteiger partial charge in [-0.25, -0.2) is 4.98 Å². The Morgan fingerprint density at radius 3 is 2.76 bits per heavy atom. The minimum Gasteiger partial charge on any atom is -0.393 e. The molecular formula is C10H16N4O3. The monoisotopic (exact) mass is 240 g/mol. The van der Waals surface area contributed by atoms with E-state index in [-0.39, 0.29) is 11.5 Å². The maximum Gasteiger partial charge on any atom is 0.311 e. The molecule has 0 amide bonds. The molecular weight excluding hydrogens is 224 g/mol. The fourth-order valence-corrected chi connectivity index (χ4v) is 1.32. The number of rotatable bonds is 5. The number of nitrogens with zero attached hydrogens (tertiary/aromatic N) is 3. The average molecular weight is 240 g/mol. The van der Waals surface area contributed by atoms with Crippen LogP contribution in [0.4, 0.5) is 17.3 Å². The molecule has 7 heteroatoms. The average Bonchev–Trinajstić information content (AvgIpc) is 2.25. The van der Waals surface area contributed by atoms with Crippen LogP contribution in [0.2, 0.25) is 0 Å². The SMILES string of the molecule is CC(O)CCN(C)c1ccc([N+](=O)[O-])c(N)n1. The van der Waals surface area contributed by atoms with Crippen LogP contribution in [0.3, 0.4) is 0 Å². The van der Waals surface area contributed by atoms with Crippen molar-refractivity contribution in [3.8, 4) is 0 Å². The number of nitrogens with two attached hydrogens (primary N) is 1. The predicted octanol–water partition coefficient (Wildman–Crippen LogP) is 0.779. The largest absolute Gasteiger partial charge is 0.393 e. The smallest absolute Gasteiger partial charge is 0.311 e. The molecule has 17 heavy (non-hydrogen) atoms. The van der Waals surface area contributed by atoms with Gasteiger partial charge in [0.2, 0.25) is 5.82 Å². The molecule has 0 spiro atoms. The molecule has 0 aliphatic rings. The van der Waals surface area contributed by atoms with Crippen molar-refractivity contribution in [2.75, 3.05) is 24.2 Å². The summed E-state index contributed by atoms with van der Waals surface area (Å²) in [5.41, 5.74) is 5.29. The number of aliphatic hydroxyl groups excluding tert-OH is 1. The molecule has 0 fully saturated rings. The summed E-state index contributed by atoms with van der Waals surface area (Å²) in [6.45, 7) is 2.30. The number of aromatic nitrogens is 1. The van der Waals surface area contributed by atoms with Gasteiger partial charge in [0.15, 0.2) is 0 Å². The van der Waals surface area contributed by atoms with Gasteiger partial charge in [-0.1, -0.05) is 0 Å². The molecule has 0 saturated carbocycles. The van der Waals surface area contributed by atoms with E-state index in [1.165, 1.54) is 12.1 Å². The molecule has 3 N–H and O–H groups in total. The van der Waals surface area contributed by atoms with Crippen LogP contribution in [0.5, 0.6) is 0 Å². The number of hydrogen-bond donors (Lipinski definition) is 2. The Labute approximate surface area is 99.0 Å².